The van der Waals surface area contributed by atoms with Gasteiger partial charge in [0.25, 0.3) is 0 Å². The van der Waals surface area contributed by atoms with Gasteiger partial charge in [0, 0.05) is 25.2 Å². The quantitative estimate of drug-likeness (QED) is 0.810. The van der Waals surface area contributed by atoms with Gasteiger partial charge in [-0.3, -0.25) is 4.90 Å². The van der Waals surface area contributed by atoms with E-state index in [2.05, 4.69) is 54.5 Å². The van der Waals surface area contributed by atoms with Gasteiger partial charge < -0.3 is 5.32 Å². The van der Waals surface area contributed by atoms with Crippen LogP contribution in [0.15, 0.2) is 30.3 Å². The Morgan fingerprint density at radius 2 is 2.07 bits per heavy atom. The van der Waals surface area contributed by atoms with Crippen molar-refractivity contribution in [1.82, 2.24) is 10.2 Å². The molecule has 0 aliphatic carbocycles. The van der Waals surface area contributed by atoms with Gasteiger partial charge >= 0.3 is 0 Å². The zero-order chi connectivity index (χ0) is 10.7. The Labute approximate surface area is 92.3 Å². The van der Waals surface area contributed by atoms with Crippen molar-refractivity contribution >= 4 is 0 Å². The van der Waals surface area contributed by atoms with Crippen molar-refractivity contribution in [3.63, 3.8) is 0 Å². The Balaban J connectivity index is 2.00. The van der Waals surface area contributed by atoms with Crippen molar-refractivity contribution < 1.29 is 0 Å². The molecule has 1 heterocycles. The predicted octanol–water partition coefficient (Wildman–Crippen LogP) is 2.04. The maximum atomic E-state index is 3.36. The average Bonchev–Trinajstić information content (AvgIpc) is 2.78. The third-order valence-corrected chi connectivity index (χ3v) is 3.46. The maximum Gasteiger partial charge on any atom is 0.0320 e. The summed E-state index contributed by atoms with van der Waals surface area (Å²) in [4.78, 5) is 2.55. The summed E-state index contributed by atoms with van der Waals surface area (Å²) in [5, 5.41) is 3.36. The van der Waals surface area contributed by atoms with Gasteiger partial charge in [0.1, 0.15) is 0 Å². The van der Waals surface area contributed by atoms with Crippen LogP contribution in [0.2, 0.25) is 0 Å². The average molecular weight is 204 g/mol. The minimum atomic E-state index is 0.546. The second-order valence-corrected chi connectivity index (χ2v) is 4.36. The first-order valence-electron chi connectivity index (χ1n) is 5.77. The Morgan fingerprint density at radius 1 is 1.33 bits per heavy atom. The summed E-state index contributed by atoms with van der Waals surface area (Å²) in [6.45, 7) is 4.68. The van der Waals surface area contributed by atoms with Crippen molar-refractivity contribution in [3.05, 3.63) is 35.9 Å². The van der Waals surface area contributed by atoms with Crippen LogP contribution in [0.4, 0.5) is 0 Å². The predicted molar refractivity (Wildman–Crippen MR) is 63.9 cm³/mol. The zero-order valence-electron chi connectivity index (χ0n) is 9.61. The maximum absolute atomic E-state index is 3.36. The molecule has 1 fully saturated rings. The van der Waals surface area contributed by atoms with E-state index < -0.39 is 0 Å². The number of nitrogens with one attached hydrogen (secondary N) is 1. The van der Waals surface area contributed by atoms with E-state index in [0.717, 1.165) is 0 Å². The first kappa shape index (κ1) is 10.7. The molecule has 1 aromatic carbocycles. The van der Waals surface area contributed by atoms with Crippen LogP contribution in [0.5, 0.6) is 0 Å². The smallest absolute Gasteiger partial charge is 0.0320 e. The van der Waals surface area contributed by atoms with E-state index in [1.54, 1.807) is 0 Å². The highest BCUT2D eigenvalue weighted by molar-refractivity contribution is 5.18. The Hall–Kier alpha value is -0.860. The zero-order valence-corrected chi connectivity index (χ0v) is 9.61. The van der Waals surface area contributed by atoms with Crippen LogP contribution < -0.4 is 5.32 Å². The van der Waals surface area contributed by atoms with Gasteiger partial charge in [-0.05, 0) is 26.0 Å². The molecule has 2 rings (SSSR count). The molecule has 0 amide bonds. The Morgan fingerprint density at radius 3 is 2.67 bits per heavy atom. The number of likely N-dealkylation sites (N-methyl/N-ethyl adjacent to an activating group) is 1. The van der Waals surface area contributed by atoms with Crippen LogP contribution in [0, 0.1) is 0 Å². The minimum absolute atomic E-state index is 0.546. The lowest BCUT2D eigenvalue weighted by Crippen LogP contribution is -2.31. The lowest BCUT2D eigenvalue weighted by atomic mass is 10.1. The number of benzene rings is 1. The molecule has 1 saturated heterocycles. The molecule has 1 N–H and O–H groups in total. The van der Waals surface area contributed by atoms with Crippen LogP contribution >= 0.6 is 0 Å². The molecule has 2 nitrogen and oxygen atoms in total. The topological polar surface area (TPSA) is 15.3 Å². The molecular weight excluding hydrogens is 184 g/mol. The number of nitrogens with zero attached hydrogens (tertiary/aromatic N) is 1. The van der Waals surface area contributed by atoms with Crippen molar-refractivity contribution in [2.75, 3.05) is 20.1 Å². The molecule has 1 aliphatic rings. The first-order chi connectivity index (χ1) is 7.31. The summed E-state index contributed by atoms with van der Waals surface area (Å²) >= 11 is 0. The fourth-order valence-corrected chi connectivity index (χ4v) is 2.32. The summed E-state index contributed by atoms with van der Waals surface area (Å²) < 4.78 is 0. The van der Waals surface area contributed by atoms with Crippen LogP contribution in [0.3, 0.4) is 0 Å². The SMILES string of the molecule is CNC1CCN([C@@H](C)c2ccccc2)C1. The molecule has 0 radical (unpaired) electrons. The van der Waals surface area contributed by atoms with E-state index >= 15 is 0 Å². The van der Waals surface area contributed by atoms with E-state index in [4.69, 9.17) is 0 Å². The summed E-state index contributed by atoms with van der Waals surface area (Å²) in [5.74, 6) is 0. The third kappa shape index (κ3) is 2.39. The highest BCUT2D eigenvalue weighted by atomic mass is 15.2. The molecule has 0 saturated carbocycles. The van der Waals surface area contributed by atoms with Gasteiger partial charge in [-0.25, -0.2) is 0 Å². The number of hydrogen-bond acceptors (Lipinski definition) is 2. The van der Waals surface area contributed by atoms with Crippen molar-refractivity contribution in [1.29, 1.82) is 0 Å². The van der Waals surface area contributed by atoms with Crippen molar-refractivity contribution in [2.24, 2.45) is 0 Å². The van der Waals surface area contributed by atoms with Crippen molar-refractivity contribution in [3.8, 4) is 0 Å². The Bertz CT molecular complexity index is 297. The summed E-state index contributed by atoms with van der Waals surface area (Å²) in [7, 11) is 2.06. The molecule has 2 heteroatoms. The van der Waals surface area contributed by atoms with E-state index in [0.29, 0.717) is 12.1 Å². The molecule has 0 bridgehead atoms. The lowest BCUT2D eigenvalue weighted by Gasteiger charge is -2.24. The van der Waals surface area contributed by atoms with Crippen LogP contribution in [0.25, 0.3) is 0 Å². The molecule has 15 heavy (non-hydrogen) atoms. The minimum Gasteiger partial charge on any atom is -0.316 e. The Kier molecular flexibility index (Phi) is 3.39. The molecule has 0 aromatic heterocycles. The highest BCUT2D eigenvalue weighted by Gasteiger charge is 2.25. The number of hydrogen-bond donors (Lipinski definition) is 1. The molecular formula is C13H20N2. The van der Waals surface area contributed by atoms with Gasteiger partial charge in [-0.1, -0.05) is 30.3 Å². The van der Waals surface area contributed by atoms with E-state index in [-0.39, 0.29) is 0 Å². The lowest BCUT2D eigenvalue weighted by molar-refractivity contribution is 0.257. The van der Waals surface area contributed by atoms with Gasteiger partial charge in [-0.2, -0.15) is 0 Å². The summed E-state index contributed by atoms with van der Waals surface area (Å²) in [6, 6.07) is 12.0. The normalized spacial score (nSPS) is 24.3. The number of likely N-dealkylation sites (tertiary alicyclic amines) is 1. The van der Waals surface area contributed by atoms with Crippen LogP contribution in [-0.2, 0) is 0 Å². The van der Waals surface area contributed by atoms with E-state index in [1.807, 2.05) is 0 Å². The largest absolute Gasteiger partial charge is 0.316 e. The molecule has 2 atom stereocenters. The fourth-order valence-electron chi connectivity index (χ4n) is 2.32. The van der Waals surface area contributed by atoms with Gasteiger partial charge in [0.15, 0.2) is 0 Å². The van der Waals surface area contributed by atoms with E-state index in [1.165, 1.54) is 25.1 Å². The van der Waals surface area contributed by atoms with Gasteiger partial charge in [0.05, 0.1) is 0 Å². The molecule has 1 aliphatic heterocycles. The highest BCUT2D eigenvalue weighted by Crippen LogP contribution is 2.24. The summed E-state index contributed by atoms with van der Waals surface area (Å²) in [6.07, 6.45) is 1.27. The van der Waals surface area contributed by atoms with Crippen molar-refractivity contribution in [2.45, 2.75) is 25.4 Å². The van der Waals surface area contributed by atoms with Gasteiger partial charge in [0.2, 0.25) is 0 Å². The molecule has 0 spiro atoms. The molecule has 1 unspecified atom stereocenters. The molecule has 82 valence electrons. The summed E-state index contributed by atoms with van der Waals surface area (Å²) in [5.41, 5.74) is 1.43. The van der Waals surface area contributed by atoms with Crippen LogP contribution in [0.1, 0.15) is 24.9 Å². The monoisotopic (exact) mass is 204 g/mol. The first-order valence-corrected chi connectivity index (χ1v) is 5.77. The van der Waals surface area contributed by atoms with Crippen LogP contribution in [-0.4, -0.2) is 31.1 Å². The fraction of sp³-hybridized carbons (Fsp3) is 0.538. The second-order valence-electron chi connectivity index (χ2n) is 4.36. The molecule has 1 aromatic rings. The van der Waals surface area contributed by atoms with E-state index in [9.17, 15) is 0 Å². The standard InChI is InChI=1S/C13H20N2/c1-11(12-6-4-3-5-7-12)15-9-8-13(10-15)14-2/h3-7,11,13-14H,8-10H2,1-2H3/t11-,13?/m0/s1. The number of rotatable bonds is 3. The third-order valence-electron chi connectivity index (χ3n) is 3.46. The second kappa shape index (κ2) is 4.77. The van der Waals surface area contributed by atoms with Gasteiger partial charge in [-0.15, -0.1) is 0 Å².